The van der Waals surface area contributed by atoms with Gasteiger partial charge in [-0.1, -0.05) is 97.4 Å². The van der Waals surface area contributed by atoms with E-state index < -0.39 is 0 Å². The summed E-state index contributed by atoms with van der Waals surface area (Å²) >= 11 is 7.94. The van der Waals surface area contributed by atoms with Crippen LogP contribution in [0.1, 0.15) is 37.3 Å². The number of amides is 1. The van der Waals surface area contributed by atoms with E-state index in [1.807, 2.05) is 53.4 Å². The van der Waals surface area contributed by atoms with Crippen molar-refractivity contribution < 1.29 is 9.53 Å². The number of carbonyl (C=O) groups is 1. The fourth-order valence-electron chi connectivity index (χ4n) is 4.41. The molecule has 5 nitrogen and oxygen atoms in total. The maximum absolute atomic E-state index is 14.0. The molecule has 0 aliphatic heterocycles. The quantitative estimate of drug-likeness (QED) is 0.216. The van der Waals surface area contributed by atoms with Crippen molar-refractivity contribution in [3.05, 3.63) is 88.9 Å². The Morgan fingerprint density at radius 1 is 0.944 bits per heavy atom. The highest BCUT2D eigenvalue weighted by Gasteiger charge is 2.26. The van der Waals surface area contributed by atoms with Crippen molar-refractivity contribution in [3.8, 4) is 5.75 Å². The van der Waals surface area contributed by atoms with Gasteiger partial charge in [0.2, 0.25) is 5.91 Å². The van der Waals surface area contributed by atoms with Crippen LogP contribution in [0.2, 0.25) is 5.02 Å². The number of aromatic nitrogens is 1. The zero-order valence-corrected chi connectivity index (χ0v) is 22.6. The van der Waals surface area contributed by atoms with Crippen molar-refractivity contribution in [2.45, 2.75) is 26.2 Å². The van der Waals surface area contributed by atoms with Gasteiger partial charge in [-0.25, -0.2) is 4.98 Å². The number of methoxy groups -OCH3 is 1. The van der Waals surface area contributed by atoms with Crippen molar-refractivity contribution in [2.75, 3.05) is 38.2 Å². The molecule has 0 N–H and O–H groups in total. The topological polar surface area (TPSA) is 45.7 Å². The van der Waals surface area contributed by atoms with E-state index in [9.17, 15) is 4.79 Å². The summed E-state index contributed by atoms with van der Waals surface area (Å²) in [6, 6.07) is 24.1. The van der Waals surface area contributed by atoms with Gasteiger partial charge in [-0.2, -0.15) is 0 Å². The molecule has 36 heavy (non-hydrogen) atoms. The van der Waals surface area contributed by atoms with Gasteiger partial charge in [-0.3, -0.25) is 9.69 Å². The third kappa shape index (κ3) is 5.89. The molecule has 0 bridgehead atoms. The normalized spacial score (nSPS) is 11.4. The molecule has 1 aromatic heterocycles. The van der Waals surface area contributed by atoms with Crippen molar-refractivity contribution in [1.29, 1.82) is 0 Å². The number of rotatable bonds is 11. The maximum Gasteiger partial charge on any atom is 0.229 e. The number of carbonyl (C=O) groups excluding carboxylic acids is 1. The zero-order valence-electron chi connectivity index (χ0n) is 21.0. The van der Waals surface area contributed by atoms with Gasteiger partial charge < -0.3 is 9.64 Å². The molecule has 1 amide bonds. The van der Waals surface area contributed by atoms with Gasteiger partial charge in [0.05, 0.1) is 16.8 Å². The number of anilines is 1. The van der Waals surface area contributed by atoms with E-state index in [-0.39, 0.29) is 11.8 Å². The molecule has 0 unspecified atom stereocenters. The molecule has 0 aliphatic carbocycles. The Labute approximate surface area is 222 Å². The van der Waals surface area contributed by atoms with E-state index in [2.05, 4.69) is 43.0 Å². The number of likely N-dealkylation sites (N-methyl/N-ethyl adjacent to an activating group) is 1. The molecule has 4 rings (SSSR count). The lowest BCUT2D eigenvalue weighted by molar-refractivity contribution is -0.118. The molecule has 0 atom stereocenters. The molecular weight excluding hydrogens is 490 g/mol. The Kier molecular flexibility index (Phi) is 8.97. The summed E-state index contributed by atoms with van der Waals surface area (Å²) in [5.41, 5.74) is 2.93. The van der Waals surface area contributed by atoms with E-state index in [0.717, 1.165) is 35.5 Å². The molecule has 0 fully saturated rings. The van der Waals surface area contributed by atoms with E-state index >= 15 is 0 Å². The van der Waals surface area contributed by atoms with E-state index in [1.54, 1.807) is 7.11 Å². The number of fused-ring (bicyclic) bond motifs is 1. The third-order valence-electron chi connectivity index (χ3n) is 6.52. The fraction of sp³-hybridized carbons (Fsp3) is 0.310. The lowest BCUT2D eigenvalue weighted by atomic mass is 9.88. The SMILES string of the molecule is CCN(CC)CCN(C(=O)CC(c1ccccc1)c1ccccc1)c1nc2c(OC)ccc(Cl)c2s1. The molecule has 0 radical (unpaired) electrons. The summed E-state index contributed by atoms with van der Waals surface area (Å²) in [5, 5.41) is 1.26. The summed E-state index contributed by atoms with van der Waals surface area (Å²) in [5.74, 6) is 0.636. The van der Waals surface area contributed by atoms with E-state index in [0.29, 0.717) is 34.4 Å². The van der Waals surface area contributed by atoms with Crippen LogP contribution in [0.15, 0.2) is 72.8 Å². The number of ether oxygens (including phenoxy) is 1. The molecule has 7 heteroatoms. The largest absolute Gasteiger partial charge is 0.494 e. The monoisotopic (exact) mass is 521 g/mol. The summed E-state index contributed by atoms with van der Waals surface area (Å²) in [6.07, 6.45) is 0.340. The van der Waals surface area contributed by atoms with Crippen LogP contribution in [0.3, 0.4) is 0 Å². The number of hydrogen-bond acceptors (Lipinski definition) is 5. The Hall–Kier alpha value is -2.93. The van der Waals surface area contributed by atoms with Crippen molar-refractivity contribution in [2.24, 2.45) is 0 Å². The zero-order chi connectivity index (χ0) is 25.5. The van der Waals surface area contributed by atoms with Crippen molar-refractivity contribution in [3.63, 3.8) is 0 Å². The molecule has 1 heterocycles. The van der Waals surface area contributed by atoms with E-state index in [4.69, 9.17) is 21.3 Å². The van der Waals surface area contributed by atoms with Gasteiger partial charge >= 0.3 is 0 Å². The first kappa shape index (κ1) is 26.1. The van der Waals surface area contributed by atoms with Gasteiger partial charge in [-0.15, -0.1) is 0 Å². The predicted octanol–water partition coefficient (Wildman–Crippen LogP) is 6.86. The Morgan fingerprint density at radius 3 is 2.11 bits per heavy atom. The first-order valence-electron chi connectivity index (χ1n) is 12.3. The van der Waals surface area contributed by atoms with Gasteiger partial charge in [0.1, 0.15) is 11.3 Å². The summed E-state index contributed by atoms with van der Waals surface area (Å²) in [4.78, 5) is 23.0. The molecule has 0 saturated heterocycles. The summed E-state index contributed by atoms with van der Waals surface area (Å²) in [6.45, 7) is 7.44. The second kappa shape index (κ2) is 12.3. The molecular formula is C29H32ClN3O2S. The molecule has 0 saturated carbocycles. The highest BCUT2D eigenvalue weighted by atomic mass is 35.5. The van der Waals surface area contributed by atoms with Crippen molar-refractivity contribution in [1.82, 2.24) is 9.88 Å². The molecule has 4 aromatic rings. The lowest BCUT2D eigenvalue weighted by Crippen LogP contribution is -2.39. The summed E-state index contributed by atoms with van der Waals surface area (Å²) < 4.78 is 6.35. The van der Waals surface area contributed by atoms with Crippen LogP contribution >= 0.6 is 22.9 Å². The van der Waals surface area contributed by atoms with Crippen molar-refractivity contribution >= 4 is 44.2 Å². The Morgan fingerprint density at radius 2 is 1.56 bits per heavy atom. The van der Waals surface area contributed by atoms with Crippen LogP contribution in [0, 0.1) is 0 Å². The Balaban J connectivity index is 1.71. The highest BCUT2D eigenvalue weighted by molar-refractivity contribution is 7.23. The summed E-state index contributed by atoms with van der Waals surface area (Å²) in [7, 11) is 1.62. The fourth-order valence-corrected chi connectivity index (χ4v) is 5.71. The minimum absolute atomic E-state index is 0.0361. The van der Waals surface area contributed by atoms with Crippen LogP contribution in [0.4, 0.5) is 5.13 Å². The minimum atomic E-state index is -0.0524. The second-order valence-corrected chi connectivity index (χ2v) is 9.96. The average molecular weight is 522 g/mol. The number of halogens is 1. The number of benzene rings is 3. The van der Waals surface area contributed by atoms with E-state index in [1.165, 1.54) is 11.3 Å². The lowest BCUT2D eigenvalue weighted by Gasteiger charge is -2.26. The molecule has 0 aliphatic rings. The standard InChI is InChI=1S/C29H32ClN3O2S/c1-4-32(5-2)18-19-33(29-31-27-25(35-3)17-16-24(30)28(27)36-29)26(34)20-23(21-12-8-6-9-13-21)22-14-10-7-11-15-22/h6-17,23H,4-5,18-20H2,1-3H3. The maximum atomic E-state index is 14.0. The van der Waals surface area contributed by atoms with Gasteiger partial charge in [0.15, 0.2) is 5.13 Å². The van der Waals surface area contributed by atoms with Gasteiger partial charge in [0, 0.05) is 25.4 Å². The first-order chi connectivity index (χ1) is 17.5. The number of nitrogens with zero attached hydrogens (tertiary/aromatic N) is 3. The third-order valence-corrected chi connectivity index (χ3v) is 8.05. The minimum Gasteiger partial charge on any atom is -0.494 e. The second-order valence-electron chi connectivity index (χ2n) is 8.57. The smallest absolute Gasteiger partial charge is 0.229 e. The number of thiazole rings is 1. The molecule has 0 spiro atoms. The van der Waals surface area contributed by atoms with Gasteiger partial charge in [0.25, 0.3) is 0 Å². The molecule has 188 valence electrons. The highest BCUT2D eigenvalue weighted by Crippen LogP contribution is 2.39. The van der Waals surface area contributed by atoms with Gasteiger partial charge in [-0.05, 0) is 36.3 Å². The molecule has 3 aromatic carbocycles. The van der Waals surface area contributed by atoms with Crippen LogP contribution in [-0.4, -0.2) is 49.1 Å². The van der Waals surface area contributed by atoms with Crippen LogP contribution < -0.4 is 9.64 Å². The van der Waals surface area contributed by atoms with Crippen LogP contribution in [0.25, 0.3) is 10.2 Å². The number of hydrogen-bond donors (Lipinski definition) is 0. The van der Waals surface area contributed by atoms with Crippen LogP contribution in [-0.2, 0) is 4.79 Å². The van der Waals surface area contributed by atoms with Crippen LogP contribution in [0.5, 0.6) is 5.75 Å². The average Bonchev–Trinajstić information content (AvgIpc) is 3.37. The predicted molar refractivity (Wildman–Crippen MR) is 151 cm³/mol. The first-order valence-corrected chi connectivity index (χ1v) is 13.5. The Bertz CT molecular complexity index is 1240.